The van der Waals surface area contributed by atoms with E-state index in [9.17, 15) is 0 Å². The smallest absolute Gasteiger partial charge is 0.161 e. The first-order valence-corrected chi connectivity index (χ1v) is 14.3. The summed E-state index contributed by atoms with van der Waals surface area (Å²) in [7, 11) is 5.27. The molecule has 1 aliphatic rings. The van der Waals surface area contributed by atoms with Gasteiger partial charge in [-0.2, -0.15) is 5.10 Å². The van der Waals surface area contributed by atoms with Crippen LogP contribution in [-0.4, -0.2) is 36.0 Å². The molecule has 4 aromatic rings. The average Bonchev–Trinajstić information content (AvgIpc) is 3.38. The number of ether oxygens (including phenoxy) is 2. The van der Waals surface area contributed by atoms with Gasteiger partial charge in [-0.1, -0.05) is 55.7 Å². The highest BCUT2D eigenvalue weighted by Gasteiger charge is 2.16. The van der Waals surface area contributed by atoms with E-state index in [2.05, 4.69) is 27.1 Å². The molecule has 41 heavy (non-hydrogen) atoms. The molecule has 1 aliphatic carbocycles. The quantitative estimate of drug-likeness (QED) is 0.200. The van der Waals surface area contributed by atoms with Crippen LogP contribution in [0.4, 0.5) is 10.2 Å². The molecular formula is C34H39FN4O2. The van der Waals surface area contributed by atoms with Crippen LogP contribution < -0.4 is 14.4 Å². The second kappa shape index (κ2) is 13.0. The maximum Gasteiger partial charge on any atom is 0.161 e. The van der Waals surface area contributed by atoms with Crippen LogP contribution in [0.25, 0.3) is 11.9 Å². The van der Waals surface area contributed by atoms with Crippen molar-refractivity contribution in [3.05, 3.63) is 101 Å². The van der Waals surface area contributed by atoms with Crippen molar-refractivity contribution < 1.29 is 13.9 Å². The van der Waals surface area contributed by atoms with Gasteiger partial charge in [0, 0.05) is 25.5 Å². The second-order valence-corrected chi connectivity index (χ2v) is 10.9. The van der Waals surface area contributed by atoms with Gasteiger partial charge in [0.1, 0.15) is 11.5 Å². The molecule has 0 bridgehead atoms. The van der Waals surface area contributed by atoms with Crippen molar-refractivity contribution in [3.63, 3.8) is 0 Å². The van der Waals surface area contributed by atoms with E-state index in [4.69, 9.17) is 9.47 Å². The van der Waals surface area contributed by atoms with Crippen LogP contribution in [0.3, 0.4) is 0 Å². The van der Waals surface area contributed by atoms with Gasteiger partial charge in [-0.3, -0.25) is 4.68 Å². The molecule has 0 aliphatic heterocycles. The molecule has 214 valence electrons. The third-order valence-corrected chi connectivity index (χ3v) is 7.93. The molecule has 0 amide bonds. The normalized spacial score (nSPS) is 14.2. The van der Waals surface area contributed by atoms with Crippen molar-refractivity contribution >= 4 is 17.7 Å². The maximum absolute atomic E-state index is 15.2. The van der Waals surface area contributed by atoms with Gasteiger partial charge in [-0.05, 0) is 78.3 Å². The van der Waals surface area contributed by atoms with E-state index in [0.29, 0.717) is 36.2 Å². The fourth-order valence-corrected chi connectivity index (χ4v) is 5.55. The van der Waals surface area contributed by atoms with E-state index in [1.165, 1.54) is 37.7 Å². The highest BCUT2D eigenvalue weighted by molar-refractivity contribution is 5.75. The highest BCUT2D eigenvalue weighted by atomic mass is 19.1. The van der Waals surface area contributed by atoms with E-state index < -0.39 is 0 Å². The van der Waals surface area contributed by atoms with Gasteiger partial charge in [-0.25, -0.2) is 9.37 Å². The maximum atomic E-state index is 15.2. The van der Waals surface area contributed by atoms with Crippen LogP contribution in [0.1, 0.15) is 71.7 Å². The lowest BCUT2D eigenvalue weighted by atomic mass is 9.84. The number of nitrogens with zero attached hydrogens (tertiary/aromatic N) is 4. The lowest BCUT2D eigenvalue weighted by Crippen LogP contribution is -2.18. The number of halogens is 1. The lowest BCUT2D eigenvalue weighted by Gasteiger charge is -2.21. The zero-order valence-electron chi connectivity index (χ0n) is 24.4. The minimum atomic E-state index is -0.331. The molecule has 0 unspecified atom stereocenters. The fourth-order valence-electron chi connectivity index (χ4n) is 5.55. The van der Waals surface area contributed by atoms with Gasteiger partial charge in [0.05, 0.1) is 20.8 Å². The SMILES string of the molecule is COc1ccc(CN(C)c2ccc(Cn3nc(/C(F)=C/c4ccc(C5CCCCC5)cc4)cc3C)cn2)cc1OC. The number of hydrogen-bond acceptors (Lipinski definition) is 5. The third kappa shape index (κ3) is 6.96. The number of anilines is 1. The van der Waals surface area contributed by atoms with Crippen molar-refractivity contribution in [2.45, 2.75) is 58.0 Å². The number of aryl methyl sites for hydroxylation is 1. The molecule has 5 rings (SSSR count). The molecule has 2 heterocycles. The molecule has 7 heteroatoms. The van der Waals surface area contributed by atoms with E-state index in [1.807, 2.05) is 67.3 Å². The number of rotatable bonds is 10. The van der Waals surface area contributed by atoms with Gasteiger partial charge in [-0.15, -0.1) is 0 Å². The number of benzene rings is 2. The molecule has 0 atom stereocenters. The average molecular weight is 555 g/mol. The van der Waals surface area contributed by atoms with Crippen molar-refractivity contribution in [1.29, 1.82) is 0 Å². The molecular weight excluding hydrogens is 515 g/mol. The highest BCUT2D eigenvalue weighted by Crippen LogP contribution is 2.33. The molecule has 0 radical (unpaired) electrons. The van der Waals surface area contributed by atoms with E-state index in [1.54, 1.807) is 26.4 Å². The Morgan fingerprint density at radius 2 is 1.68 bits per heavy atom. The molecule has 0 saturated heterocycles. The first kappa shape index (κ1) is 28.4. The van der Waals surface area contributed by atoms with Crippen LogP contribution in [0.2, 0.25) is 0 Å². The van der Waals surface area contributed by atoms with E-state index >= 15 is 4.39 Å². The zero-order chi connectivity index (χ0) is 28.8. The van der Waals surface area contributed by atoms with Crippen molar-refractivity contribution in [1.82, 2.24) is 14.8 Å². The summed E-state index contributed by atoms with van der Waals surface area (Å²) in [6.07, 6.45) is 9.89. The number of methoxy groups -OCH3 is 2. The van der Waals surface area contributed by atoms with Crippen molar-refractivity contribution in [2.24, 2.45) is 0 Å². The minimum Gasteiger partial charge on any atom is -0.493 e. The summed E-state index contributed by atoms with van der Waals surface area (Å²) >= 11 is 0. The van der Waals surface area contributed by atoms with Crippen molar-refractivity contribution in [2.75, 3.05) is 26.2 Å². The summed E-state index contributed by atoms with van der Waals surface area (Å²) in [5.74, 6) is 2.57. The van der Waals surface area contributed by atoms with Crippen LogP contribution in [0, 0.1) is 6.92 Å². The Morgan fingerprint density at radius 3 is 2.37 bits per heavy atom. The zero-order valence-corrected chi connectivity index (χ0v) is 24.4. The van der Waals surface area contributed by atoms with Gasteiger partial charge >= 0.3 is 0 Å². The topological polar surface area (TPSA) is 52.4 Å². The Hall–Kier alpha value is -4.13. The van der Waals surface area contributed by atoms with Gasteiger partial charge in [0.2, 0.25) is 0 Å². The Balaban J connectivity index is 1.21. The van der Waals surface area contributed by atoms with Crippen LogP contribution in [0.5, 0.6) is 11.5 Å². The summed E-state index contributed by atoms with van der Waals surface area (Å²) < 4.78 is 27.7. The molecule has 1 saturated carbocycles. The Bertz CT molecular complexity index is 1470. The lowest BCUT2D eigenvalue weighted by molar-refractivity contribution is 0.354. The Kier molecular flexibility index (Phi) is 9.02. The third-order valence-electron chi connectivity index (χ3n) is 7.93. The van der Waals surface area contributed by atoms with E-state index in [-0.39, 0.29) is 5.83 Å². The predicted octanol–water partition coefficient (Wildman–Crippen LogP) is 7.80. The first-order valence-electron chi connectivity index (χ1n) is 14.3. The summed E-state index contributed by atoms with van der Waals surface area (Å²) in [5, 5.41) is 4.55. The first-order chi connectivity index (χ1) is 19.9. The molecule has 6 nitrogen and oxygen atoms in total. The Labute approximate surface area is 242 Å². The predicted molar refractivity (Wildman–Crippen MR) is 163 cm³/mol. The summed E-state index contributed by atoms with van der Waals surface area (Å²) in [4.78, 5) is 6.73. The number of aromatic nitrogens is 3. The molecule has 0 spiro atoms. The monoisotopic (exact) mass is 554 g/mol. The largest absolute Gasteiger partial charge is 0.493 e. The molecule has 1 fully saturated rings. The standard InChI is InChI=1S/C34H39FN4O2/c1-24-18-31(30(35)19-25-10-14-29(15-11-25)28-8-6-5-7-9-28)37-39(24)23-27-13-17-34(36-21-27)38(2)22-26-12-16-32(40-3)33(20-26)41-4/h10-21,28H,5-9,22-23H2,1-4H3/b30-19-. The minimum absolute atomic E-state index is 0.331. The number of pyridine rings is 1. The van der Waals surface area contributed by atoms with E-state index in [0.717, 1.165) is 28.2 Å². The summed E-state index contributed by atoms with van der Waals surface area (Å²) in [5.41, 5.74) is 5.55. The number of hydrogen-bond donors (Lipinski definition) is 0. The van der Waals surface area contributed by atoms with Gasteiger partial charge in [0.25, 0.3) is 0 Å². The van der Waals surface area contributed by atoms with Crippen LogP contribution >= 0.6 is 0 Å². The Morgan fingerprint density at radius 1 is 0.951 bits per heavy atom. The molecule has 2 aromatic carbocycles. The molecule has 0 N–H and O–H groups in total. The summed E-state index contributed by atoms with van der Waals surface area (Å²) in [6.45, 7) is 3.13. The van der Waals surface area contributed by atoms with Crippen LogP contribution in [-0.2, 0) is 13.1 Å². The van der Waals surface area contributed by atoms with Gasteiger partial charge in [0.15, 0.2) is 17.3 Å². The van der Waals surface area contributed by atoms with Crippen LogP contribution in [0.15, 0.2) is 66.9 Å². The van der Waals surface area contributed by atoms with Crippen molar-refractivity contribution in [3.8, 4) is 11.5 Å². The molecule has 2 aromatic heterocycles. The summed E-state index contributed by atoms with van der Waals surface area (Å²) in [6, 6.07) is 20.1. The van der Waals surface area contributed by atoms with Gasteiger partial charge < -0.3 is 14.4 Å². The second-order valence-electron chi connectivity index (χ2n) is 10.9. The fraction of sp³-hybridized carbons (Fsp3) is 0.353.